The van der Waals surface area contributed by atoms with Crippen molar-refractivity contribution < 1.29 is 5.11 Å². The summed E-state index contributed by atoms with van der Waals surface area (Å²) in [5.41, 5.74) is 7.46. The van der Waals surface area contributed by atoms with Crippen molar-refractivity contribution in [3.8, 4) is 11.3 Å². The molecule has 0 fully saturated rings. The quantitative estimate of drug-likeness (QED) is 0.823. The number of nitrogens with zero attached hydrogens (tertiary/aromatic N) is 2. The van der Waals surface area contributed by atoms with Crippen molar-refractivity contribution in [2.24, 2.45) is 0 Å². The molecule has 1 heterocycles. The Hall–Kier alpha value is -0.790. The molecule has 0 saturated heterocycles. The second kappa shape index (κ2) is 5.24. The van der Waals surface area contributed by atoms with Crippen LogP contribution in [-0.2, 0) is 6.54 Å². The average Bonchev–Trinajstić information content (AvgIpc) is 2.65. The molecule has 0 spiro atoms. The Morgan fingerprint density at radius 2 is 2.18 bits per heavy atom. The number of nitrogen functional groups attached to an aromatic ring is 1. The molecule has 1 aromatic carbocycles. The number of nitrogens with two attached hydrogens (primary N) is 1. The van der Waals surface area contributed by atoms with Gasteiger partial charge in [0.1, 0.15) is 5.82 Å². The van der Waals surface area contributed by atoms with Gasteiger partial charge in [0, 0.05) is 15.2 Å². The van der Waals surface area contributed by atoms with Crippen LogP contribution in [0.3, 0.4) is 0 Å². The van der Waals surface area contributed by atoms with E-state index in [9.17, 15) is 0 Å². The normalized spacial score (nSPS) is 10.8. The topological polar surface area (TPSA) is 64.1 Å². The van der Waals surface area contributed by atoms with E-state index in [1.165, 1.54) is 0 Å². The molecule has 2 aromatic rings. The van der Waals surface area contributed by atoms with Crippen molar-refractivity contribution in [2.75, 3.05) is 12.3 Å². The van der Waals surface area contributed by atoms with Crippen LogP contribution in [0.5, 0.6) is 0 Å². The molecule has 0 aliphatic carbocycles. The van der Waals surface area contributed by atoms with Gasteiger partial charge in [-0.15, -0.1) is 0 Å². The molecule has 0 saturated carbocycles. The van der Waals surface area contributed by atoms with Gasteiger partial charge in [-0.1, -0.05) is 17.7 Å². The second-order valence-corrected chi connectivity index (χ2v) is 5.10. The zero-order valence-corrected chi connectivity index (χ0v) is 11.8. The Morgan fingerprint density at radius 1 is 1.41 bits per heavy atom. The number of benzene rings is 1. The van der Waals surface area contributed by atoms with Crippen LogP contribution in [0.25, 0.3) is 11.3 Å². The molecule has 0 aliphatic heterocycles. The van der Waals surface area contributed by atoms with Gasteiger partial charge in [-0.2, -0.15) is 5.10 Å². The average molecular weight is 364 g/mol. The maximum Gasteiger partial charge on any atom is 0.122 e. The van der Waals surface area contributed by atoms with Crippen molar-refractivity contribution in [3.63, 3.8) is 0 Å². The molecular formula is C11H11ClIN3O. The summed E-state index contributed by atoms with van der Waals surface area (Å²) < 4.78 is 2.57. The molecule has 1 aromatic heterocycles. The fourth-order valence-electron chi connectivity index (χ4n) is 1.50. The highest BCUT2D eigenvalue weighted by Gasteiger charge is 2.08. The van der Waals surface area contributed by atoms with Gasteiger partial charge in [0.15, 0.2) is 0 Å². The molecule has 0 atom stereocenters. The molecule has 2 rings (SSSR count). The highest BCUT2D eigenvalue weighted by atomic mass is 127. The Morgan fingerprint density at radius 3 is 2.82 bits per heavy atom. The number of aliphatic hydroxyl groups is 1. The van der Waals surface area contributed by atoms with Gasteiger partial charge < -0.3 is 10.8 Å². The van der Waals surface area contributed by atoms with Crippen molar-refractivity contribution in [1.29, 1.82) is 0 Å². The molecule has 4 nitrogen and oxygen atoms in total. The molecule has 90 valence electrons. The summed E-state index contributed by atoms with van der Waals surface area (Å²) in [6.45, 7) is 0.405. The number of halogens is 2. The maximum atomic E-state index is 8.87. The van der Waals surface area contributed by atoms with E-state index in [0.29, 0.717) is 17.4 Å². The second-order valence-electron chi connectivity index (χ2n) is 3.53. The van der Waals surface area contributed by atoms with Crippen molar-refractivity contribution in [3.05, 3.63) is 32.9 Å². The van der Waals surface area contributed by atoms with Gasteiger partial charge >= 0.3 is 0 Å². The standard InChI is InChI=1S/C11H11ClIN3O/c12-8-5-7(1-2-9(8)13)10-6-11(14)16(15-10)3-4-17/h1-2,5-6,17H,3-4,14H2. The third kappa shape index (κ3) is 2.72. The number of aliphatic hydroxyl groups excluding tert-OH is 1. The largest absolute Gasteiger partial charge is 0.394 e. The summed E-state index contributed by atoms with van der Waals surface area (Å²) in [4.78, 5) is 0. The van der Waals surface area contributed by atoms with E-state index in [1.54, 1.807) is 10.7 Å². The number of aromatic nitrogens is 2. The van der Waals surface area contributed by atoms with Crippen LogP contribution in [0.15, 0.2) is 24.3 Å². The minimum Gasteiger partial charge on any atom is -0.394 e. The van der Waals surface area contributed by atoms with Crippen LogP contribution in [0, 0.1) is 3.57 Å². The molecule has 0 aliphatic rings. The monoisotopic (exact) mass is 363 g/mol. The predicted octanol–water partition coefficient (Wildman–Crippen LogP) is 2.38. The summed E-state index contributed by atoms with van der Waals surface area (Å²) >= 11 is 8.23. The minimum absolute atomic E-state index is 0.0127. The minimum atomic E-state index is 0.0127. The van der Waals surface area contributed by atoms with E-state index >= 15 is 0 Å². The molecule has 0 bridgehead atoms. The summed E-state index contributed by atoms with van der Waals surface area (Å²) in [5.74, 6) is 0.531. The zero-order chi connectivity index (χ0) is 12.4. The van der Waals surface area contributed by atoms with Gasteiger partial charge in [0.05, 0.1) is 23.9 Å². The first-order chi connectivity index (χ1) is 8.11. The van der Waals surface area contributed by atoms with Gasteiger partial charge in [-0.05, 0) is 34.7 Å². The lowest BCUT2D eigenvalue weighted by Gasteiger charge is -2.00. The summed E-state index contributed by atoms with van der Waals surface area (Å²) in [6.07, 6.45) is 0. The third-order valence-corrected chi connectivity index (χ3v) is 3.91. The van der Waals surface area contributed by atoms with Crippen LogP contribution < -0.4 is 5.73 Å². The van der Waals surface area contributed by atoms with Crippen LogP contribution >= 0.6 is 34.2 Å². The van der Waals surface area contributed by atoms with Gasteiger partial charge in [0.25, 0.3) is 0 Å². The fraction of sp³-hybridized carbons (Fsp3) is 0.182. The number of hydrogen-bond acceptors (Lipinski definition) is 3. The number of rotatable bonds is 3. The van der Waals surface area contributed by atoms with E-state index in [2.05, 4.69) is 27.7 Å². The van der Waals surface area contributed by atoms with E-state index in [1.807, 2.05) is 18.2 Å². The molecule has 0 radical (unpaired) electrons. The lowest BCUT2D eigenvalue weighted by molar-refractivity contribution is 0.270. The van der Waals surface area contributed by atoms with Crippen molar-refractivity contribution in [2.45, 2.75) is 6.54 Å². The maximum absolute atomic E-state index is 8.87. The summed E-state index contributed by atoms with van der Waals surface area (Å²) in [6, 6.07) is 7.50. The first-order valence-electron chi connectivity index (χ1n) is 5.01. The van der Waals surface area contributed by atoms with Gasteiger partial charge in [-0.3, -0.25) is 0 Å². The van der Waals surface area contributed by atoms with Crippen LogP contribution in [0.1, 0.15) is 0 Å². The van der Waals surface area contributed by atoms with Gasteiger partial charge in [0.2, 0.25) is 0 Å². The van der Waals surface area contributed by atoms with Crippen LogP contribution in [0.4, 0.5) is 5.82 Å². The summed E-state index contributed by atoms with van der Waals surface area (Å²) in [5, 5.41) is 13.9. The Bertz CT molecular complexity index is 542. The lowest BCUT2D eigenvalue weighted by Crippen LogP contribution is -2.07. The highest BCUT2D eigenvalue weighted by molar-refractivity contribution is 14.1. The molecule has 0 unspecified atom stereocenters. The first kappa shape index (κ1) is 12.7. The summed E-state index contributed by atoms with van der Waals surface area (Å²) in [7, 11) is 0. The lowest BCUT2D eigenvalue weighted by atomic mass is 10.1. The van der Waals surface area contributed by atoms with Crippen LogP contribution in [0.2, 0.25) is 5.02 Å². The van der Waals surface area contributed by atoms with Crippen molar-refractivity contribution >= 4 is 40.0 Å². The van der Waals surface area contributed by atoms with Gasteiger partial charge in [-0.25, -0.2) is 4.68 Å². The van der Waals surface area contributed by atoms with E-state index in [-0.39, 0.29) is 6.61 Å². The third-order valence-electron chi connectivity index (χ3n) is 2.34. The highest BCUT2D eigenvalue weighted by Crippen LogP contribution is 2.26. The van der Waals surface area contributed by atoms with E-state index < -0.39 is 0 Å². The predicted molar refractivity (Wildman–Crippen MR) is 76.9 cm³/mol. The Balaban J connectivity index is 2.39. The fourth-order valence-corrected chi connectivity index (χ4v) is 2.02. The molecule has 0 amide bonds. The Labute approximate surface area is 118 Å². The van der Waals surface area contributed by atoms with Crippen LogP contribution in [-0.4, -0.2) is 21.5 Å². The number of anilines is 1. The molecular weight excluding hydrogens is 352 g/mol. The molecule has 17 heavy (non-hydrogen) atoms. The van der Waals surface area contributed by atoms with Crippen molar-refractivity contribution in [1.82, 2.24) is 9.78 Å². The van der Waals surface area contributed by atoms with E-state index in [4.69, 9.17) is 22.4 Å². The molecule has 6 heteroatoms. The Kier molecular flexibility index (Phi) is 3.90. The van der Waals surface area contributed by atoms with E-state index in [0.717, 1.165) is 14.8 Å². The zero-order valence-electron chi connectivity index (χ0n) is 8.90. The smallest absolute Gasteiger partial charge is 0.122 e. The SMILES string of the molecule is Nc1cc(-c2ccc(I)c(Cl)c2)nn1CCO. The molecule has 3 N–H and O–H groups in total. The first-order valence-corrected chi connectivity index (χ1v) is 6.47. The number of hydrogen-bond donors (Lipinski definition) is 2.